The standard InChI is InChI=1S/C19H17F3N4O4/c1-9-16-12(19(20,21)22)7-15(24-17(16)26(3)25-9)30-10(2)18(27)23-11-4-5-13-14(6-11)29-8-28-13/h4-7,10H,8H2,1-3H3,(H,23,27)/t10-/m0/s1. The molecule has 3 aromatic rings. The maximum absolute atomic E-state index is 13.6. The molecule has 4 rings (SSSR count). The Kier molecular flexibility index (Phi) is 4.67. The number of anilines is 1. The number of amides is 1. The lowest BCUT2D eigenvalue weighted by atomic mass is 10.1. The van der Waals surface area contributed by atoms with Crippen molar-refractivity contribution in [1.29, 1.82) is 0 Å². The van der Waals surface area contributed by atoms with Crippen LogP contribution in [-0.4, -0.2) is 33.6 Å². The molecular formula is C19H17F3N4O4. The number of aromatic nitrogens is 3. The number of halogens is 3. The van der Waals surface area contributed by atoms with Crippen LogP contribution in [0.3, 0.4) is 0 Å². The first-order chi connectivity index (χ1) is 14.1. The van der Waals surface area contributed by atoms with Gasteiger partial charge in [0.25, 0.3) is 5.91 Å². The number of hydrogen-bond acceptors (Lipinski definition) is 6. The van der Waals surface area contributed by atoms with Gasteiger partial charge in [0, 0.05) is 24.9 Å². The summed E-state index contributed by atoms with van der Waals surface area (Å²) < 4.78 is 57.8. The van der Waals surface area contributed by atoms with Gasteiger partial charge in [-0.1, -0.05) is 0 Å². The summed E-state index contributed by atoms with van der Waals surface area (Å²) in [7, 11) is 1.49. The van der Waals surface area contributed by atoms with Crippen molar-refractivity contribution in [2.45, 2.75) is 26.1 Å². The first kappa shape index (κ1) is 19.8. The Hall–Kier alpha value is -3.50. The van der Waals surface area contributed by atoms with Gasteiger partial charge >= 0.3 is 6.18 Å². The number of ether oxygens (including phenoxy) is 3. The van der Waals surface area contributed by atoms with Gasteiger partial charge in [-0.3, -0.25) is 9.48 Å². The Balaban J connectivity index is 1.57. The van der Waals surface area contributed by atoms with Crippen LogP contribution in [0.15, 0.2) is 24.3 Å². The number of carbonyl (C=O) groups is 1. The van der Waals surface area contributed by atoms with Gasteiger partial charge < -0.3 is 19.5 Å². The van der Waals surface area contributed by atoms with E-state index in [1.807, 2.05) is 0 Å². The molecule has 0 bridgehead atoms. The van der Waals surface area contributed by atoms with E-state index in [0.717, 1.165) is 6.07 Å². The molecule has 0 saturated heterocycles. The van der Waals surface area contributed by atoms with E-state index >= 15 is 0 Å². The quantitative estimate of drug-likeness (QED) is 0.693. The molecule has 2 aromatic heterocycles. The highest BCUT2D eigenvalue weighted by Gasteiger charge is 2.36. The molecule has 1 amide bonds. The van der Waals surface area contributed by atoms with Crippen molar-refractivity contribution in [3.05, 3.63) is 35.5 Å². The molecule has 1 aromatic carbocycles. The van der Waals surface area contributed by atoms with E-state index in [4.69, 9.17) is 14.2 Å². The molecule has 1 aliphatic heterocycles. The SMILES string of the molecule is Cc1nn(C)c2nc(O[C@@H](C)C(=O)Nc3ccc4c(c3)OCO4)cc(C(F)(F)F)c12. The van der Waals surface area contributed by atoms with Crippen LogP contribution in [0, 0.1) is 6.92 Å². The molecular weight excluding hydrogens is 405 g/mol. The van der Waals surface area contributed by atoms with E-state index in [9.17, 15) is 18.0 Å². The highest BCUT2D eigenvalue weighted by atomic mass is 19.4. The van der Waals surface area contributed by atoms with E-state index in [1.165, 1.54) is 25.6 Å². The predicted octanol–water partition coefficient (Wildman–Crippen LogP) is 3.43. The average Bonchev–Trinajstić information content (AvgIpc) is 3.24. The van der Waals surface area contributed by atoms with Gasteiger partial charge in [0.05, 0.1) is 16.6 Å². The van der Waals surface area contributed by atoms with Crippen LogP contribution in [0.25, 0.3) is 11.0 Å². The molecule has 1 aliphatic rings. The lowest BCUT2D eigenvalue weighted by molar-refractivity contribution is -0.136. The average molecular weight is 422 g/mol. The van der Waals surface area contributed by atoms with E-state index < -0.39 is 23.8 Å². The van der Waals surface area contributed by atoms with Crippen molar-refractivity contribution < 1.29 is 32.2 Å². The normalized spacial score (nSPS) is 14.1. The molecule has 0 radical (unpaired) electrons. The Morgan fingerprint density at radius 2 is 2.00 bits per heavy atom. The fourth-order valence-electron chi connectivity index (χ4n) is 3.16. The topological polar surface area (TPSA) is 87.5 Å². The minimum Gasteiger partial charge on any atom is -0.464 e. The molecule has 0 fully saturated rings. The second kappa shape index (κ2) is 7.08. The largest absolute Gasteiger partial charge is 0.464 e. The smallest absolute Gasteiger partial charge is 0.417 e. The second-order valence-corrected chi connectivity index (χ2v) is 6.73. The van der Waals surface area contributed by atoms with Crippen molar-refractivity contribution in [1.82, 2.24) is 14.8 Å². The number of aryl methyl sites for hydroxylation is 2. The lowest BCUT2D eigenvalue weighted by Crippen LogP contribution is -2.30. The number of nitrogens with zero attached hydrogens (tertiary/aromatic N) is 3. The summed E-state index contributed by atoms with van der Waals surface area (Å²) in [6.07, 6.45) is -5.75. The molecule has 0 saturated carbocycles. The van der Waals surface area contributed by atoms with Gasteiger partial charge in [-0.05, 0) is 26.0 Å². The van der Waals surface area contributed by atoms with E-state index in [2.05, 4.69) is 15.4 Å². The summed E-state index contributed by atoms with van der Waals surface area (Å²) in [6.45, 7) is 2.98. The third-order valence-corrected chi connectivity index (χ3v) is 4.56. The fraction of sp³-hybridized carbons (Fsp3) is 0.316. The summed E-state index contributed by atoms with van der Waals surface area (Å²) >= 11 is 0. The first-order valence-electron chi connectivity index (χ1n) is 8.92. The minimum atomic E-state index is -4.63. The molecule has 1 N–H and O–H groups in total. The zero-order valence-electron chi connectivity index (χ0n) is 16.2. The molecule has 8 nitrogen and oxygen atoms in total. The molecule has 1 atom stereocenters. The number of benzene rings is 1. The Labute approximate surface area is 168 Å². The van der Waals surface area contributed by atoms with Gasteiger partial charge in [-0.15, -0.1) is 0 Å². The lowest BCUT2D eigenvalue weighted by Gasteiger charge is -2.16. The van der Waals surface area contributed by atoms with Gasteiger partial charge in [0.15, 0.2) is 23.3 Å². The first-order valence-corrected chi connectivity index (χ1v) is 8.92. The number of alkyl halides is 3. The van der Waals surface area contributed by atoms with Crippen LogP contribution in [0.4, 0.5) is 18.9 Å². The fourth-order valence-corrected chi connectivity index (χ4v) is 3.16. The summed E-state index contributed by atoms with van der Waals surface area (Å²) in [5.74, 6) is 0.146. The van der Waals surface area contributed by atoms with Crippen molar-refractivity contribution in [3.8, 4) is 17.4 Å². The predicted molar refractivity (Wildman–Crippen MR) is 99.5 cm³/mol. The van der Waals surface area contributed by atoms with Crippen molar-refractivity contribution in [2.75, 3.05) is 12.1 Å². The number of hydrogen-bond donors (Lipinski definition) is 1. The number of fused-ring (bicyclic) bond motifs is 2. The van der Waals surface area contributed by atoms with Gasteiger partial charge in [0.2, 0.25) is 12.7 Å². The maximum atomic E-state index is 13.6. The minimum absolute atomic E-state index is 0.0145. The van der Waals surface area contributed by atoms with Crippen molar-refractivity contribution in [2.24, 2.45) is 7.05 Å². The molecule has 3 heterocycles. The number of pyridine rings is 1. The van der Waals surface area contributed by atoms with E-state index in [0.29, 0.717) is 17.2 Å². The molecule has 0 aliphatic carbocycles. The van der Waals surface area contributed by atoms with Gasteiger partial charge in [-0.25, -0.2) is 0 Å². The van der Waals surface area contributed by atoms with Crippen LogP contribution in [0.5, 0.6) is 17.4 Å². The van der Waals surface area contributed by atoms with Crippen LogP contribution in [0.1, 0.15) is 18.2 Å². The Morgan fingerprint density at radius 3 is 2.73 bits per heavy atom. The second-order valence-electron chi connectivity index (χ2n) is 6.73. The number of nitrogens with one attached hydrogen (secondary N) is 1. The Bertz CT molecular complexity index is 1140. The van der Waals surface area contributed by atoms with Crippen LogP contribution in [0.2, 0.25) is 0 Å². The third-order valence-electron chi connectivity index (χ3n) is 4.56. The summed E-state index contributed by atoms with van der Waals surface area (Å²) in [4.78, 5) is 16.6. The summed E-state index contributed by atoms with van der Waals surface area (Å²) in [5.41, 5.74) is -0.272. The van der Waals surface area contributed by atoms with Crippen LogP contribution in [-0.2, 0) is 18.0 Å². The van der Waals surface area contributed by atoms with Crippen LogP contribution >= 0.6 is 0 Å². The van der Waals surface area contributed by atoms with E-state index in [-0.39, 0.29) is 29.4 Å². The summed E-state index contributed by atoms with van der Waals surface area (Å²) in [5, 5.41) is 6.52. The molecule has 0 spiro atoms. The van der Waals surface area contributed by atoms with Crippen molar-refractivity contribution in [3.63, 3.8) is 0 Å². The highest BCUT2D eigenvalue weighted by molar-refractivity contribution is 5.94. The zero-order chi connectivity index (χ0) is 21.6. The summed E-state index contributed by atoms with van der Waals surface area (Å²) in [6, 6.07) is 5.61. The highest BCUT2D eigenvalue weighted by Crippen LogP contribution is 2.38. The van der Waals surface area contributed by atoms with Crippen molar-refractivity contribution >= 4 is 22.6 Å². The van der Waals surface area contributed by atoms with Gasteiger partial charge in [-0.2, -0.15) is 23.3 Å². The maximum Gasteiger partial charge on any atom is 0.417 e. The van der Waals surface area contributed by atoms with E-state index in [1.54, 1.807) is 18.2 Å². The number of rotatable bonds is 4. The number of carbonyl (C=O) groups excluding carboxylic acids is 1. The molecule has 0 unspecified atom stereocenters. The third kappa shape index (κ3) is 3.58. The molecule has 11 heteroatoms. The molecule has 30 heavy (non-hydrogen) atoms. The van der Waals surface area contributed by atoms with Crippen LogP contribution < -0.4 is 19.5 Å². The zero-order valence-corrected chi connectivity index (χ0v) is 16.2. The molecule has 158 valence electrons. The van der Waals surface area contributed by atoms with Gasteiger partial charge in [0.1, 0.15) is 0 Å². The monoisotopic (exact) mass is 422 g/mol. The Morgan fingerprint density at radius 1 is 1.27 bits per heavy atom.